The van der Waals surface area contributed by atoms with E-state index in [9.17, 15) is 18.4 Å². The minimum Gasteiger partial charge on any atom is -0.494 e. The number of nitrogens with zero attached hydrogens (tertiary/aromatic N) is 5. The molecule has 41 heavy (non-hydrogen) atoms. The van der Waals surface area contributed by atoms with Crippen molar-refractivity contribution >= 4 is 40.0 Å². The molecule has 1 amide bonds. The molecule has 0 aliphatic rings. The number of methoxy groups -OCH3 is 1. The number of likely N-dealkylation sites (N-methyl/N-ethyl adjacent to an activating group) is 2. The van der Waals surface area contributed by atoms with E-state index in [2.05, 4.69) is 27.2 Å². The van der Waals surface area contributed by atoms with Gasteiger partial charge < -0.3 is 25.2 Å². The van der Waals surface area contributed by atoms with Crippen LogP contribution < -0.4 is 25.8 Å². The second-order valence-corrected chi connectivity index (χ2v) is 9.64. The summed E-state index contributed by atoms with van der Waals surface area (Å²) in [5, 5.41) is 6.48. The van der Waals surface area contributed by atoms with Gasteiger partial charge in [0.05, 0.1) is 29.9 Å². The van der Waals surface area contributed by atoms with Crippen molar-refractivity contribution < 1.29 is 18.3 Å². The molecule has 0 atom stereocenters. The molecular formula is C29H31F2N7O3. The smallest absolute Gasteiger partial charge is 0.257 e. The third kappa shape index (κ3) is 6.33. The van der Waals surface area contributed by atoms with Crippen molar-refractivity contribution in [3.63, 3.8) is 0 Å². The van der Waals surface area contributed by atoms with Crippen LogP contribution in [0.1, 0.15) is 5.56 Å². The summed E-state index contributed by atoms with van der Waals surface area (Å²) in [5.41, 5.74) is 2.10. The standard InChI is InChI=1S/C29H31F2N7O3/c1-7-26(39)33-22-14-23(25(41-6)15-24(22)37(5)11-10-36(3)4)34-29-32-16-19-17(2)12-27(40)38(28(19)35-29)18-8-9-20(30)21(31)13-18/h7-9,12-16H,1,10-11H2,2-6H3,(H,33,39)(H,32,34,35). The molecule has 4 rings (SSSR count). The Bertz CT molecular complexity index is 1690. The zero-order valence-corrected chi connectivity index (χ0v) is 23.5. The largest absolute Gasteiger partial charge is 0.494 e. The molecule has 0 unspecified atom stereocenters. The maximum absolute atomic E-state index is 14.1. The Morgan fingerprint density at radius 2 is 1.85 bits per heavy atom. The Kier molecular flexibility index (Phi) is 8.62. The summed E-state index contributed by atoms with van der Waals surface area (Å²) in [7, 11) is 7.36. The van der Waals surface area contributed by atoms with Crippen molar-refractivity contribution in [2.75, 3.05) is 56.9 Å². The van der Waals surface area contributed by atoms with E-state index in [0.717, 1.165) is 18.7 Å². The molecule has 2 aromatic heterocycles. The molecule has 2 heterocycles. The molecule has 0 fully saturated rings. The number of nitrogens with one attached hydrogen (secondary N) is 2. The van der Waals surface area contributed by atoms with Crippen LogP contribution in [0.2, 0.25) is 0 Å². The lowest BCUT2D eigenvalue weighted by atomic mass is 10.2. The zero-order valence-electron chi connectivity index (χ0n) is 23.5. The first-order chi connectivity index (χ1) is 19.5. The lowest BCUT2D eigenvalue weighted by molar-refractivity contribution is -0.111. The topological polar surface area (TPSA) is 105 Å². The van der Waals surface area contributed by atoms with E-state index >= 15 is 0 Å². The summed E-state index contributed by atoms with van der Waals surface area (Å²) in [6, 6.07) is 8.02. The van der Waals surface area contributed by atoms with Gasteiger partial charge in [-0.2, -0.15) is 4.98 Å². The van der Waals surface area contributed by atoms with E-state index in [0.29, 0.717) is 40.3 Å². The molecule has 0 radical (unpaired) electrons. The Balaban J connectivity index is 1.82. The molecule has 2 aromatic carbocycles. The van der Waals surface area contributed by atoms with Gasteiger partial charge in [-0.05, 0) is 50.9 Å². The zero-order chi connectivity index (χ0) is 29.8. The molecular weight excluding hydrogens is 532 g/mol. The number of anilines is 4. The van der Waals surface area contributed by atoms with Crippen LogP contribution in [-0.2, 0) is 4.79 Å². The third-order valence-electron chi connectivity index (χ3n) is 6.43. The van der Waals surface area contributed by atoms with Gasteiger partial charge in [0, 0.05) is 49.9 Å². The molecule has 0 bridgehead atoms. The second kappa shape index (κ2) is 12.1. The van der Waals surface area contributed by atoms with Gasteiger partial charge in [-0.1, -0.05) is 6.58 Å². The van der Waals surface area contributed by atoms with Crippen molar-refractivity contribution in [1.29, 1.82) is 0 Å². The SMILES string of the molecule is C=CC(=O)Nc1cc(Nc2ncc3c(C)cc(=O)n(-c4ccc(F)c(F)c4)c3n2)c(OC)cc1N(C)CCN(C)C. The highest BCUT2D eigenvalue weighted by Crippen LogP contribution is 2.38. The minimum atomic E-state index is -1.09. The summed E-state index contributed by atoms with van der Waals surface area (Å²) in [6.45, 7) is 6.72. The maximum Gasteiger partial charge on any atom is 0.257 e. The van der Waals surface area contributed by atoms with Crippen molar-refractivity contribution in [3.8, 4) is 11.4 Å². The predicted octanol–water partition coefficient (Wildman–Crippen LogP) is 4.24. The number of benzene rings is 2. The molecule has 10 nitrogen and oxygen atoms in total. The van der Waals surface area contributed by atoms with Crippen LogP contribution in [0.3, 0.4) is 0 Å². The summed E-state index contributed by atoms with van der Waals surface area (Å²) in [5.74, 6) is -1.97. The van der Waals surface area contributed by atoms with Crippen LogP contribution in [0.15, 0.2) is 60.0 Å². The van der Waals surface area contributed by atoms with Crippen molar-refractivity contribution in [1.82, 2.24) is 19.4 Å². The average Bonchev–Trinajstić information content (AvgIpc) is 2.93. The Morgan fingerprint density at radius 3 is 2.51 bits per heavy atom. The number of carbonyl (C=O) groups excluding carboxylic acids is 1. The van der Waals surface area contributed by atoms with E-state index in [1.54, 1.807) is 19.1 Å². The lowest BCUT2D eigenvalue weighted by Crippen LogP contribution is -2.29. The number of hydrogen-bond acceptors (Lipinski definition) is 8. The first kappa shape index (κ1) is 29.2. The number of aryl methyl sites for hydroxylation is 1. The van der Waals surface area contributed by atoms with Gasteiger partial charge in [-0.15, -0.1) is 0 Å². The maximum atomic E-state index is 14.1. The van der Waals surface area contributed by atoms with E-state index in [1.807, 2.05) is 30.9 Å². The Labute approximate surface area is 235 Å². The second-order valence-electron chi connectivity index (χ2n) is 9.64. The third-order valence-corrected chi connectivity index (χ3v) is 6.43. The molecule has 2 N–H and O–H groups in total. The number of amides is 1. The van der Waals surface area contributed by atoms with E-state index in [1.165, 1.54) is 36.1 Å². The molecule has 0 saturated carbocycles. The van der Waals surface area contributed by atoms with Crippen molar-refractivity contribution in [2.24, 2.45) is 0 Å². The summed E-state index contributed by atoms with van der Waals surface area (Å²) < 4.78 is 34.5. The van der Waals surface area contributed by atoms with Crippen LogP contribution in [-0.4, -0.2) is 66.7 Å². The van der Waals surface area contributed by atoms with Gasteiger partial charge in [0.1, 0.15) is 5.75 Å². The van der Waals surface area contributed by atoms with Gasteiger partial charge in [0.15, 0.2) is 17.3 Å². The minimum absolute atomic E-state index is 0.104. The number of carbonyl (C=O) groups is 1. The number of rotatable bonds is 10. The highest BCUT2D eigenvalue weighted by atomic mass is 19.2. The number of hydrogen-bond donors (Lipinski definition) is 2. The van der Waals surface area contributed by atoms with Gasteiger partial charge in [-0.3, -0.25) is 14.2 Å². The average molecular weight is 564 g/mol. The lowest BCUT2D eigenvalue weighted by Gasteiger charge is -2.26. The van der Waals surface area contributed by atoms with Crippen LogP contribution in [0.4, 0.5) is 31.8 Å². The van der Waals surface area contributed by atoms with Crippen LogP contribution in [0, 0.1) is 18.6 Å². The normalized spacial score (nSPS) is 11.0. The van der Waals surface area contributed by atoms with Crippen LogP contribution in [0.5, 0.6) is 5.75 Å². The predicted molar refractivity (Wildman–Crippen MR) is 157 cm³/mol. The summed E-state index contributed by atoms with van der Waals surface area (Å²) >= 11 is 0. The van der Waals surface area contributed by atoms with Crippen molar-refractivity contribution in [3.05, 3.63) is 82.8 Å². The molecule has 0 aliphatic heterocycles. The Hall–Kier alpha value is -4.84. The fourth-order valence-corrected chi connectivity index (χ4v) is 4.21. The van der Waals surface area contributed by atoms with E-state index in [-0.39, 0.29) is 17.3 Å². The molecule has 12 heteroatoms. The Morgan fingerprint density at radius 1 is 1.10 bits per heavy atom. The number of pyridine rings is 1. The summed E-state index contributed by atoms with van der Waals surface area (Å²) in [4.78, 5) is 38.2. The number of aromatic nitrogens is 3. The van der Waals surface area contributed by atoms with Gasteiger partial charge in [0.2, 0.25) is 11.9 Å². The molecule has 0 aliphatic carbocycles. The van der Waals surface area contributed by atoms with Crippen molar-refractivity contribution in [2.45, 2.75) is 6.92 Å². The number of ether oxygens (including phenoxy) is 1. The van der Waals surface area contributed by atoms with Gasteiger partial charge >= 0.3 is 0 Å². The molecule has 214 valence electrons. The fraction of sp³-hybridized carbons (Fsp3) is 0.241. The quantitative estimate of drug-likeness (QED) is 0.276. The van der Waals surface area contributed by atoms with E-state index in [4.69, 9.17) is 4.74 Å². The summed E-state index contributed by atoms with van der Waals surface area (Å²) in [6.07, 6.45) is 2.71. The first-order valence-corrected chi connectivity index (χ1v) is 12.7. The molecule has 0 saturated heterocycles. The molecule has 0 spiro atoms. The van der Waals surface area contributed by atoms with Crippen LogP contribution in [0.25, 0.3) is 16.7 Å². The van der Waals surface area contributed by atoms with Crippen LogP contribution >= 0.6 is 0 Å². The first-order valence-electron chi connectivity index (χ1n) is 12.7. The monoisotopic (exact) mass is 563 g/mol. The van der Waals surface area contributed by atoms with Gasteiger partial charge in [0.25, 0.3) is 5.56 Å². The number of halogens is 2. The van der Waals surface area contributed by atoms with E-state index < -0.39 is 23.1 Å². The van der Waals surface area contributed by atoms with Gasteiger partial charge in [-0.25, -0.2) is 13.8 Å². The fourth-order valence-electron chi connectivity index (χ4n) is 4.21. The highest BCUT2D eigenvalue weighted by Gasteiger charge is 2.18. The number of fused-ring (bicyclic) bond motifs is 1. The molecule has 4 aromatic rings. The highest BCUT2D eigenvalue weighted by molar-refractivity contribution is 6.02.